The van der Waals surface area contributed by atoms with Crippen molar-refractivity contribution in [3.05, 3.63) is 46.9 Å². The summed E-state index contributed by atoms with van der Waals surface area (Å²) in [7, 11) is 2.79. The SMILES string of the molecule is COC(=O)c1cc(-c2cnn(-c3c(N(C)C(F)F)c(C(F)(F)C(F)(F)F)nn3C)c2)ccc1Cl. The fourth-order valence-corrected chi connectivity index (χ4v) is 3.28. The van der Waals surface area contributed by atoms with E-state index in [9.17, 15) is 35.5 Å². The van der Waals surface area contributed by atoms with Crippen LogP contribution < -0.4 is 4.90 Å². The Labute approximate surface area is 192 Å². The molecule has 3 aromatic rings. The molecular formula is C19H15ClF7N5O2. The van der Waals surface area contributed by atoms with Gasteiger partial charge >= 0.3 is 24.6 Å². The lowest BCUT2D eigenvalue weighted by Crippen LogP contribution is -2.36. The van der Waals surface area contributed by atoms with Crippen LogP contribution >= 0.6 is 11.6 Å². The second kappa shape index (κ2) is 8.81. The monoisotopic (exact) mass is 513 g/mol. The highest BCUT2D eigenvalue weighted by molar-refractivity contribution is 6.33. The van der Waals surface area contributed by atoms with Crippen LogP contribution in [-0.2, 0) is 17.7 Å². The van der Waals surface area contributed by atoms with Gasteiger partial charge in [0.25, 0.3) is 0 Å². The van der Waals surface area contributed by atoms with Gasteiger partial charge in [0.1, 0.15) is 5.69 Å². The number of hydrogen-bond acceptors (Lipinski definition) is 5. The van der Waals surface area contributed by atoms with Gasteiger partial charge in [-0.2, -0.15) is 40.9 Å². The Morgan fingerprint density at radius 2 is 1.82 bits per heavy atom. The first kappa shape index (κ1) is 25.3. The summed E-state index contributed by atoms with van der Waals surface area (Å²) in [6, 6.07) is 4.20. The van der Waals surface area contributed by atoms with Crippen LogP contribution in [0.25, 0.3) is 16.9 Å². The minimum Gasteiger partial charge on any atom is -0.465 e. The Hall–Kier alpha value is -3.29. The number of nitrogens with zero attached hydrogens (tertiary/aromatic N) is 5. The van der Waals surface area contributed by atoms with Gasteiger partial charge in [-0.15, -0.1) is 0 Å². The van der Waals surface area contributed by atoms with Crippen molar-refractivity contribution in [2.24, 2.45) is 7.05 Å². The first-order chi connectivity index (χ1) is 15.7. The van der Waals surface area contributed by atoms with Gasteiger partial charge in [0, 0.05) is 25.9 Å². The summed E-state index contributed by atoms with van der Waals surface area (Å²) in [5.41, 5.74) is -2.46. The lowest BCUT2D eigenvalue weighted by molar-refractivity contribution is -0.290. The van der Waals surface area contributed by atoms with Crippen LogP contribution in [0.4, 0.5) is 36.4 Å². The Morgan fingerprint density at radius 1 is 1.18 bits per heavy atom. The third kappa shape index (κ3) is 4.29. The molecule has 0 N–H and O–H groups in total. The molecule has 0 radical (unpaired) electrons. The zero-order valence-corrected chi connectivity index (χ0v) is 18.3. The first-order valence-corrected chi connectivity index (χ1v) is 9.54. The van der Waals surface area contributed by atoms with Gasteiger partial charge in [-0.25, -0.2) is 14.2 Å². The van der Waals surface area contributed by atoms with Gasteiger partial charge in [-0.3, -0.25) is 0 Å². The topological polar surface area (TPSA) is 65.2 Å². The molecule has 0 atom stereocenters. The number of hydrogen-bond donors (Lipinski definition) is 0. The molecule has 0 bridgehead atoms. The number of ether oxygens (including phenoxy) is 1. The maximum Gasteiger partial charge on any atom is 0.459 e. The third-order valence-corrected chi connectivity index (χ3v) is 5.13. The quantitative estimate of drug-likeness (QED) is 0.263. The maximum absolute atomic E-state index is 14.2. The highest BCUT2D eigenvalue weighted by Gasteiger charge is 2.62. The fourth-order valence-electron chi connectivity index (χ4n) is 3.09. The molecule has 0 aliphatic heterocycles. The molecule has 15 heteroatoms. The molecular weight excluding hydrogens is 499 g/mol. The van der Waals surface area contributed by atoms with Crippen molar-refractivity contribution in [1.82, 2.24) is 19.6 Å². The van der Waals surface area contributed by atoms with Crippen LogP contribution in [0, 0.1) is 0 Å². The van der Waals surface area contributed by atoms with Crippen LogP contribution in [0.2, 0.25) is 5.02 Å². The van der Waals surface area contributed by atoms with Crippen LogP contribution in [-0.4, -0.2) is 52.4 Å². The highest BCUT2D eigenvalue weighted by atomic mass is 35.5. The van der Waals surface area contributed by atoms with E-state index in [1.165, 1.54) is 30.6 Å². The number of esters is 1. The zero-order chi connectivity index (χ0) is 25.6. The third-order valence-electron chi connectivity index (χ3n) is 4.80. The largest absolute Gasteiger partial charge is 0.465 e. The minimum absolute atomic E-state index is 0.000165. The standard InChI is InChI=1S/C19H15ClF7N5O2/c1-30(17(21)22)13-14(18(23,24)19(25,26)27)29-31(2)15(13)32-8-10(7-28-32)9-4-5-12(20)11(6-9)16(33)34-3/h4-8,17H,1-3H3. The highest BCUT2D eigenvalue weighted by Crippen LogP contribution is 2.48. The molecule has 7 nitrogen and oxygen atoms in total. The molecule has 0 saturated carbocycles. The molecule has 1 aromatic carbocycles. The smallest absolute Gasteiger partial charge is 0.459 e. The normalized spacial score (nSPS) is 12.4. The number of aryl methyl sites for hydroxylation is 1. The van der Waals surface area contributed by atoms with E-state index in [0.29, 0.717) is 17.3 Å². The number of rotatable bonds is 6. The van der Waals surface area contributed by atoms with Crippen molar-refractivity contribution in [3.63, 3.8) is 0 Å². The van der Waals surface area contributed by atoms with Crippen molar-refractivity contribution < 1.29 is 40.3 Å². The van der Waals surface area contributed by atoms with Gasteiger partial charge in [0.2, 0.25) is 0 Å². The second-order valence-electron chi connectivity index (χ2n) is 6.96. The Balaban J connectivity index is 2.19. The van der Waals surface area contributed by atoms with E-state index in [1.807, 2.05) is 0 Å². The summed E-state index contributed by atoms with van der Waals surface area (Å²) in [5.74, 6) is -6.84. The van der Waals surface area contributed by atoms with Crippen molar-refractivity contribution in [2.45, 2.75) is 18.6 Å². The summed E-state index contributed by atoms with van der Waals surface area (Å²) < 4.78 is 100. The van der Waals surface area contributed by atoms with E-state index < -0.39 is 41.8 Å². The number of benzene rings is 1. The molecule has 0 spiro atoms. The Bertz CT molecular complexity index is 1220. The summed E-state index contributed by atoms with van der Waals surface area (Å²) in [6.07, 6.45) is -3.72. The van der Waals surface area contributed by atoms with Crippen molar-refractivity contribution >= 4 is 23.3 Å². The van der Waals surface area contributed by atoms with Gasteiger partial charge < -0.3 is 9.64 Å². The van der Waals surface area contributed by atoms with Crippen LogP contribution in [0.1, 0.15) is 16.1 Å². The Kier molecular flexibility index (Phi) is 6.57. The lowest BCUT2D eigenvalue weighted by atomic mass is 10.1. The van der Waals surface area contributed by atoms with Gasteiger partial charge in [0.05, 0.1) is 23.9 Å². The summed E-state index contributed by atoms with van der Waals surface area (Å²) in [6.45, 7) is -3.43. The number of methoxy groups -OCH3 is 1. The number of halogens is 8. The van der Waals surface area contributed by atoms with Gasteiger partial charge in [-0.05, 0) is 17.7 Å². The van der Waals surface area contributed by atoms with Crippen molar-refractivity contribution in [1.29, 1.82) is 0 Å². The van der Waals surface area contributed by atoms with E-state index in [0.717, 1.165) is 18.8 Å². The van der Waals surface area contributed by atoms with E-state index in [4.69, 9.17) is 11.6 Å². The van der Waals surface area contributed by atoms with Crippen LogP contribution in [0.5, 0.6) is 0 Å². The second-order valence-corrected chi connectivity index (χ2v) is 7.37. The molecule has 0 fully saturated rings. The number of anilines is 1. The number of carbonyl (C=O) groups excluding carboxylic acids is 1. The molecule has 184 valence electrons. The van der Waals surface area contributed by atoms with Gasteiger partial charge in [0.15, 0.2) is 11.5 Å². The molecule has 34 heavy (non-hydrogen) atoms. The number of aromatic nitrogens is 4. The van der Waals surface area contributed by atoms with Crippen molar-refractivity contribution in [2.75, 3.05) is 19.1 Å². The first-order valence-electron chi connectivity index (χ1n) is 9.17. The molecule has 2 heterocycles. The maximum atomic E-state index is 14.2. The predicted molar refractivity (Wildman–Crippen MR) is 106 cm³/mol. The van der Waals surface area contributed by atoms with Crippen molar-refractivity contribution in [3.8, 4) is 16.9 Å². The lowest BCUT2D eigenvalue weighted by Gasteiger charge is -2.23. The summed E-state index contributed by atoms with van der Waals surface area (Å²) in [4.78, 5) is 11.8. The average molecular weight is 514 g/mol. The van der Waals surface area contributed by atoms with E-state index in [2.05, 4.69) is 14.9 Å². The zero-order valence-electron chi connectivity index (χ0n) is 17.5. The van der Waals surface area contributed by atoms with Gasteiger partial charge in [-0.1, -0.05) is 17.7 Å². The van der Waals surface area contributed by atoms with E-state index >= 15 is 0 Å². The summed E-state index contributed by atoms with van der Waals surface area (Å²) >= 11 is 5.97. The van der Waals surface area contributed by atoms with E-state index in [-0.39, 0.29) is 21.0 Å². The molecule has 0 amide bonds. The number of carbonyl (C=O) groups is 1. The molecule has 0 saturated heterocycles. The molecule has 0 aliphatic rings. The molecule has 3 rings (SSSR count). The Morgan fingerprint density at radius 3 is 2.38 bits per heavy atom. The van der Waals surface area contributed by atoms with E-state index in [1.54, 1.807) is 0 Å². The molecule has 0 unspecified atom stereocenters. The average Bonchev–Trinajstić information content (AvgIpc) is 3.36. The van der Waals surface area contributed by atoms with Crippen LogP contribution in [0.3, 0.4) is 0 Å². The predicted octanol–water partition coefficient (Wildman–Crippen LogP) is 5.03. The molecule has 0 aliphatic carbocycles. The fraction of sp³-hybridized carbons (Fsp3) is 0.316. The molecule has 2 aromatic heterocycles. The minimum atomic E-state index is -6.08. The van der Waals surface area contributed by atoms with Crippen LogP contribution in [0.15, 0.2) is 30.6 Å². The summed E-state index contributed by atoms with van der Waals surface area (Å²) in [5, 5.41) is 7.19. The number of alkyl halides is 7.